The van der Waals surface area contributed by atoms with Crippen LogP contribution in [-0.4, -0.2) is 12.7 Å². The summed E-state index contributed by atoms with van der Waals surface area (Å²) in [6.45, 7) is 2.99. The van der Waals surface area contributed by atoms with Crippen molar-refractivity contribution in [3.63, 3.8) is 0 Å². The van der Waals surface area contributed by atoms with Crippen molar-refractivity contribution in [1.29, 1.82) is 0 Å². The van der Waals surface area contributed by atoms with E-state index >= 15 is 0 Å². The van der Waals surface area contributed by atoms with Crippen LogP contribution in [0, 0.1) is 0 Å². The van der Waals surface area contributed by atoms with E-state index in [1.54, 1.807) is 0 Å². The molecule has 0 saturated carbocycles. The molecule has 0 amide bonds. The van der Waals surface area contributed by atoms with Crippen molar-refractivity contribution in [2.75, 3.05) is 6.54 Å². The summed E-state index contributed by atoms with van der Waals surface area (Å²) in [6.07, 6.45) is 14.5. The SMILES string of the molecule is CCCCCCCCCCC(F)CCCCCN. The minimum absolute atomic E-state index is 0.567. The summed E-state index contributed by atoms with van der Waals surface area (Å²) in [5.74, 6) is 0. The van der Waals surface area contributed by atoms with Crippen LogP contribution < -0.4 is 5.73 Å². The van der Waals surface area contributed by atoms with E-state index in [0.717, 1.165) is 45.1 Å². The van der Waals surface area contributed by atoms with Crippen LogP contribution in [-0.2, 0) is 0 Å². The van der Waals surface area contributed by atoms with E-state index < -0.39 is 6.17 Å². The van der Waals surface area contributed by atoms with Gasteiger partial charge in [-0.05, 0) is 25.8 Å². The molecule has 0 aliphatic heterocycles. The monoisotopic (exact) mass is 259 g/mol. The van der Waals surface area contributed by atoms with E-state index in [4.69, 9.17) is 5.73 Å². The Hall–Kier alpha value is -0.110. The first-order chi connectivity index (χ1) is 8.81. The summed E-state index contributed by atoms with van der Waals surface area (Å²) in [5, 5.41) is 0. The first kappa shape index (κ1) is 17.9. The zero-order chi connectivity index (χ0) is 13.5. The third-order valence-corrected chi connectivity index (χ3v) is 3.59. The molecule has 0 aromatic carbocycles. The largest absolute Gasteiger partial charge is 0.330 e. The second-order valence-corrected chi connectivity index (χ2v) is 5.50. The van der Waals surface area contributed by atoms with Crippen LogP contribution in [0.25, 0.3) is 0 Å². The molecular formula is C16H34FN. The lowest BCUT2D eigenvalue weighted by atomic mass is 10.0. The molecule has 0 rings (SSSR count). The fraction of sp³-hybridized carbons (Fsp3) is 1.00. The van der Waals surface area contributed by atoms with Crippen molar-refractivity contribution in [2.45, 2.75) is 96.6 Å². The molecule has 1 unspecified atom stereocenters. The predicted molar refractivity (Wildman–Crippen MR) is 79.6 cm³/mol. The van der Waals surface area contributed by atoms with Crippen molar-refractivity contribution in [1.82, 2.24) is 0 Å². The van der Waals surface area contributed by atoms with Gasteiger partial charge < -0.3 is 5.73 Å². The molecule has 0 heterocycles. The van der Waals surface area contributed by atoms with Gasteiger partial charge in [-0.1, -0.05) is 71.1 Å². The zero-order valence-corrected chi connectivity index (χ0v) is 12.4. The topological polar surface area (TPSA) is 26.0 Å². The van der Waals surface area contributed by atoms with Gasteiger partial charge in [-0.3, -0.25) is 0 Å². The average Bonchev–Trinajstić information content (AvgIpc) is 2.38. The second-order valence-electron chi connectivity index (χ2n) is 5.50. The predicted octanol–water partition coefficient (Wildman–Crippen LogP) is 5.37. The first-order valence-corrected chi connectivity index (χ1v) is 8.15. The fourth-order valence-corrected chi connectivity index (χ4v) is 2.33. The van der Waals surface area contributed by atoms with Crippen LogP contribution in [0.1, 0.15) is 90.4 Å². The molecule has 2 heteroatoms. The molecule has 18 heavy (non-hydrogen) atoms. The van der Waals surface area contributed by atoms with Gasteiger partial charge in [0.05, 0.1) is 0 Å². The van der Waals surface area contributed by atoms with Crippen molar-refractivity contribution in [3.8, 4) is 0 Å². The third-order valence-electron chi connectivity index (χ3n) is 3.59. The Bertz CT molecular complexity index is 150. The Kier molecular flexibility index (Phi) is 14.9. The zero-order valence-electron chi connectivity index (χ0n) is 12.4. The molecule has 0 aliphatic carbocycles. The van der Waals surface area contributed by atoms with E-state index in [1.165, 1.54) is 44.9 Å². The van der Waals surface area contributed by atoms with Crippen molar-refractivity contribution in [2.24, 2.45) is 5.73 Å². The Balaban J connectivity index is 3.08. The van der Waals surface area contributed by atoms with Crippen LogP contribution in [0.15, 0.2) is 0 Å². The maximum absolute atomic E-state index is 13.5. The van der Waals surface area contributed by atoms with Gasteiger partial charge in [-0.2, -0.15) is 0 Å². The molecule has 0 spiro atoms. The Morgan fingerprint density at radius 3 is 1.67 bits per heavy atom. The maximum atomic E-state index is 13.5. The minimum atomic E-state index is -0.567. The summed E-state index contributed by atoms with van der Waals surface area (Å²) in [5.41, 5.74) is 5.41. The minimum Gasteiger partial charge on any atom is -0.330 e. The van der Waals surface area contributed by atoms with E-state index in [2.05, 4.69) is 6.92 Å². The molecule has 0 bridgehead atoms. The van der Waals surface area contributed by atoms with Gasteiger partial charge in [-0.15, -0.1) is 0 Å². The molecular weight excluding hydrogens is 225 g/mol. The second kappa shape index (κ2) is 14.9. The van der Waals surface area contributed by atoms with Crippen molar-refractivity contribution in [3.05, 3.63) is 0 Å². The summed E-state index contributed by atoms with van der Waals surface area (Å²) in [4.78, 5) is 0. The summed E-state index contributed by atoms with van der Waals surface area (Å²) < 4.78 is 13.5. The molecule has 0 aromatic rings. The summed E-state index contributed by atoms with van der Waals surface area (Å²) in [6, 6.07) is 0. The third kappa shape index (κ3) is 14.0. The number of hydrogen-bond donors (Lipinski definition) is 1. The van der Waals surface area contributed by atoms with Crippen LogP contribution in [0.4, 0.5) is 4.39 Å². The van der Waals surface area contributed by atoms with Gasteiger partial charge in [0.1, 0.15) is 6.17 Å². The highest BCUT2D eigenvalue weighted by Gasteiger charge is 2.05. The van der Waals surface area contributed by atoms with Crippen LogP contribution in [0.5, 0.6) is 0 Å². The first-order valence-electron chi connectivity index (χ1n) is 8.15. The number of hydrogen-bond acceptors (Lipinski definition) is 1. The molecule has 1 atom stereocenters. The summed E-state index contributed by atoms with van der Waals surface area (Å²) in [7, 11) is 0. The highest BCUT2D eigenvalue weighted by Crippen LogP contribution is 2.15. The molecule has 0 aromatic heterocycles. The van der Waals surface area contributed by atoms with E-state index in [1.807, 2.05) is 0 Å². The number of halogens is 1. The Labute approximate surface area is 114 Å². The van der Waals surface area contributed by atoms with Gasteiger partial charge in [0.2, 0.25) is 0 Å². The van der Waals surface area contributed by atoms with Gasteiger partial charge in [0, 0.05) is 0 Å². The molecule has 2 N–H and O–H groups in total. The standard InChI is InChI=1S/C16H34FN/c1-2-3-4-5-6-7-8-10-13-16(17)14-11-9-12-15-18/h16H,2-15,18H2,1H3. The molecule has 110 valence electrons. The van der Waals surface area contributed by atoms with Gasteiger partial charge in [-0.25, -0.2) is 4.39 Å². The quantitative estimate of drug-likeness (QED) is 0.417. The lowest BCUT2D eigenvalue weighted by molar-refractivity contribution is 0.279. The number of alkyl halides is 1. The molecule has 0 fully saturated rings. The number of rotatable bonds is 14. The van der Waals surface area contributed by atoms with Crippen molar-refractivity contribution >= 4 is 0 Å². The van der Waals surface area contributed by atoms with Gasteiger partial charge in [0.15, 0.2) is 0 Å². The normalized spacial score (nSPS) is 12.8. The van der Waals surface area contributed by atoms with Gasteiger partial charge >= 0.3 is 0 Å². The maximum Gasteiger partial charge on any atom is 0.100 e. The average molecular weight is 259 g/mol. The molecule has 0 radical (unpaired) electrons. The van der Waals surface area contributed by atoms with Crippen LogP contribution >= 0.6 is 0 Å². The fourth-order valence-electron chi connectivity index (χ4n) is 2.33. The smallest absolute Gasteiger partial charge is 0.100 e. The van der Waals surface area contributed by atoms with E-state index in [-0.39, 0.29) is 0 Å². The van der Waals surface area contributed by atoms with E-state index in [0.29, 0.717) is 0 Å². The van der Waals surface area contributed by atoms with E-state index in [9.17, 15) is 4.39 Å². The Morgan fingerprint density at radius 2 is 1.17 bits per heavy atom. The lowest BCUT2D eigenvalue weighted by Gasteiger charge is -2.07. The lowest BCUT2D eigenvalue weighted by Crippen LogP contribution is -2.02. The van der Waals surface area contributed by atoms with Crippen LogP contribution in [0.2, 0.25) is 0 Å². The molecule has 0 saturated heterocycles. The van der Waals surface area contributed by atoms with Crippen LogP contribution in [0.3, 0.4) is 0 Å². The van der Waals surface area contributed by atoms with Crippen molar-refractivity contribution < 1.29 is 4.39 Å². The number of nitrogens with two attached hydrogens (primary N) is 1. The molecule has 0 aliphatic rings. The highest BCUT2D eigenvalue weighted by atomic mass is 19.1. The van der Waals surface area contributed by atoms with Gasteiger partial charge in [0.25, 0.3) is 0 Å². The molecule has 1 nitrogen and oxygen atoms in total. The number of unbranched alkanes of at least 4 members (excludes halogenated alkanes) is 9. The Morgan fingerprint density at radius 1 is 0.722 bits per heavy atom. The summed E-state index contributed by atoms with van der Waals surface area (Å²) >= 11 is 0. The highest BCUT2D eigenvalue weighted by molar-refractivity contribution is 4.58.